The van der Waals surface area contributed by atoms with Gasteiger partial charge < -0.3 is 5.11 Å². The van der Waals surface area contributed by atoms with Crippen molar-refractivity contribution < 1.29 is 23.1 Å². The molecule has 0 aliphatic carbocycles. The Hall–Kier alpha value is -2.26. The van der Waals surface area contributed by atoms with Gasteiger partial charge in [-0.05, 0) is 67.7 Å². The lowest BCUT2D eigenvalue weighted by molar-refractivity contribution is -0.139. The van der Waals surface area contributed by atoms with Crippen molar-refractivity contribution >= 4 is 5.97 Å². The number of alkyl halides is 3. The smallest absolute Gasteiger partial charge is 0.416 e. The van der Waals surface area contributed by atoms with Gasteiger partial charge in [0.05, 0.1) is 11.6 Å². The molecule has 1 N–H and O–H groups in total. The fraction of sp³-hybridized carbons (Fsp3) is 0.560. The number of carboxylic acid groups (broad SMARTS) is 1. The second-order valence-electron chi connectivity index (χ2n) is 8.90. The molecule has 2 rings (SSSR count). The van der Waals surface area contributed by atoms with Gasteiger partial charge in [0.15, 0.2) is 0 Å². The Bertz CT molecular complexity index is 818. The number of benzene rings is 1. The summed E-state index contributed by atoms with van der Waals surface area (Å²) < 4.78 is 39.1. The first-order valence-electron chi connectivity index (χ1n) is 10.8. The normalized spacial score (nSPS) is 20.7. The monoisotopic (exact) mass is 435 g/mol. The van der Waals surface area contributed by atoms with Crippen molar-refractivity contribution in [3.63, 3.8) is 0 Å². The lowest BCUT2D eigenvalue weighted by Gasteiger charge is -2.42. The number of halogens is 3. The fourth-order valence-electron chi connectivity index (χ4n) is 4.10. The molecule has 1 saturated heterocycles. The van der Waals surface area contributed by atoms with Gasteiger partial charge in [0.2, 0.25) is 0 Å². The molecule has 0 aromatic heterocycles. The third-order valence-corrected chi connectivity index (χ3v) is 5.71. The van der Waals surface area contributed by atoms with E-state index in [2.05, 4.69) is 37.2 Å². The number of likely N-dealkylation sites (tertiary alicyclic amines) is 1. The van der Waals surface area contributed by atoms with E-state index >= 15 is 0 Å². The predicted molar refractivity (Wildman–Crippen MR) is 116 cm³/mol. The van der Waals surface area contributed by atoms with Crippen LogP contribution in [0.4, 0.5) is 13.2 Å². The molecule has 0 spiro atoms. The summed E-state index contributed by atoms with van der Waals surface area (Å²) in [6.07, 6.45) is -1.17. The lowest BCUT2D eigenvalue weighted by Crippen LogP contribution is -2.43. The van der Waals surface area contributed by atoms with E-state index in [9.17, 15) is 23.1 Å². The number of rotatable bonds is 7. The van der Waals surface area contributed by atoms with Crippen LogP contribution >= 0.6 is 0 Å². The molecule has 31 heavy (non-hydrogen) atoms. The van der Waals surface area contributed by atoms with Gasteiger partial charge in [0.1, 0.15) is 0 Å². The van der Waals surface area contributed by atoms with Gasteiger partial charge in [-0.1, -0.05) is 44.4 Å². The number of aliphatic carboxylic acids is 1. The molecule has 6 heteroatoms. The van der Waals surface area contributed by atoms with Gasteiger partial charge in [-0.15, -0.1) is 0 Å². The first-order valence-corrected chi connectivity index (χ1v) is 10.8. The molecule has 3 atom stereocenters. The first kappa shape index (κ1) is 25.0. The van der Waals surface area contributed by atoms with Crippen LogP contribution in [0.25, 0.3) is 0 Å². The minimum absolute atomic E-state index is 0.0131. The number of hydrogen-bond donors (Lipinski definition) is 1. The Labute approximate surface area is 183 Å². The van der Waals surface area contributed by atoms with E-state index in [1.807, 2.05) is 6.92 Å². The molecule has 1 aliphatic heterocycles. The van der Waals surface area contributed by atoms with Crippen LogP contribution in [0.2, 0.25) is 0 Å². The largest absolute Gasteiger partial charge is 0.481 e. The van der Waals surface area contributed by atoms with Crippen molar-refractivity contribution in [3.8, 4) is 11.8 Å². The summed E-state index contributed by atoms with van der Waals surface area (Å²) in [7, 11) is 0. The van der Waals surface area contributed by atoms with Gasteiger partial charge in [-0.3, -0.25) is 9.69 Å². The number of carboxylic acids is 1. The van der Waals surface area contributed by atoms with Crippen LogP contribution in [0, 0.1) is 23.7 Å². The molecule has 1 aromatic rings. The molecule has 0 bridgehead atoms. The van der Waals surface area contributed by atoms with E-state index in [-0.39, 0.29) is 24.4 Å². The molecule has 1 unspecified atom stereocenters. The van der Waals surface area contributed by atoms with E-state index in [1.54, 1.807) is 0 Å². The van der Waals surface area contributed by atoms with Crippen LogP contribution < -0.4 is 0 Å². The molecule has 1 heterocycles. The minimum Gasteiger partial charge on any atom is -0.481 e. The summed E-state index contributed by atoms with van der Waals surface area (Å²) in [5.41, 5.74) is 0.857. The highest BCUT2D eigenvalue weighted by Gasteiger charge is 2.35. The number of carbonyl (C=O) groups is 1. The number of nitrogens with zero attached hydrogens (tertiary/aromatic N) is 1. The molecule has 1 aliphatic rings. The van der Waals surface area contributed by atoms with Crippen LogP contribution in [0.5, 0.6) is 0 Å². The van der Waals surface area contributed by atoms with Crippen LogP contribution in [0.1, 0.15) is 70.0 Å². The summed E-state index contributed by atoms with van der Waals surface area (Å²) in [6.45, 7) is 10.7. The van der Waals surface area contributed by atoms with Gasteiger partial charge in [-0.2, -0.15) is 13.2 Å². The molecule has 1 fully saturated rings. The van der Waals surface area contributed by atoms with Crippen molar-refractivity contribution in [2.75, 3.05) is 6.54 Å². The molecule has 0 amide bonds. The van der Waals surface area contributed by atoms with Crippen LogP contribution in [0.15, 0.2) is 36.4 Å². The van der Waals surface area contributed by atoms with Crippen molar-refractivity contribution in [2.24, 2.45) is 11.8 Å². The number of piperidine rings is 1. The lowest BCUT2D eigenvalue weighted by atomic mass is 9.83. The third-order valence-electron chi connectivity index (χ3n) is 5.71. The zero-order valence-electron chi connectivity index (χ0n) is 18.5. The van der Waals surface area contributed by atoms with Crippen molar-refractivity contribution in [3.05, 3.63) is 47.5 Å². The van der Waals surface area contributed by atoms with E-state index in [0.29, 0.717) is 18.9 Å². The van der Waals surface area contributed by atoms with E-state index in [1.165, 1.54) is 12.1 Å². The molecule has 1 aromatic carbocycles. The van der Waals surface area contributed by atoms with E-state index in [4.69, 9.17) is 0 Å². The quantitative estimate of drug-likeness (QED) is 0.510. The molecular weight excluding hydrogens is 403 g/mol. The molecule has 0 saturated carbocycles. The van der Waals surface area contributed by atoms with Crippen molar-refractivity contribution in [1.82, 2.24) is 4.90 Å². The summed E-state index contributed by atoms with van der Waals surface area (Å²) in [4.78, 5) is 13.5. The maximum absolute atomic E-state index is 13.0. The minimum atomic E-state index is -4.39. The molecule has 170 valence electrons. The molecular formula is C25H32F3NO2. The van der Waals surface area contributed by atoms with Crippen molar-refractivity contribution in [2.45, 2.75) is 71.1 Å². The molecule has 0 radical (unpaired) electrons. The van der Waals surface area contributed by atoms with Crippen LogP contribution in [-0.4, -0.2) is 28.6 Å². The topological polar surface area (TPSA) is 40.5 Å². The Morgan fingerprint density at radius 2 is 1.90 bits per heavy atom. The Morgan fingerprint density at radius 3 is 2.42 bits per heavy atom. The first-order chi connectivity index (χ1) is 14.5. The fourth-order valence-corrected chi connectivity index (χ4v) is 4.10. The number of hydrogen-bond acceptors (Lipinski definition) is 2. The zero-order chi connectivity index (χ0) is 23.2. The van der Waals surface area contributed by atoms with Gasteiger partial charge in [-0.25, -0.2) is 0 Å². The summed E-state index contributed by atoms with van der Waals surface area (Å²) in [6, 6.07) is 5.03. The van der Waals surface area contributed by atoms with Gasteiger partial charge in [0.25, 0.3) is 0 Å². The Balaban J connectivity index is 2.37. The summed E-state index contributed by atoms with van der Waals surface area (Å²) in [5, 5.41) is 9.24. The SMILES string of the molecule is C=C(C)C#CC(CCC(C)C)N1CC[C@@H](CC(=O)O)C[C@H]1c1ccc(C(F)(F)F)cc1. The highest BCUT2D eigenvalue weighted by Crippen LogP contribution is 2.39. The predicted octanol–water partition coefficient (Wildman–Crippen LogP) is 6.32. The van der Waals surface area contributed by atoms with Crippen molar-refractivity contribution in [1.29, 1.82) is 0 Å². The van der Waals surface area contributed by atoms with Crippen LogP contribution in [0.3, 0.4) is 0 Å². The second-order valence-corrected chi connectivity index (χ2v) is 8.90. The molecule has 3 nitrogen and oxygen atoms in total. The van der Waals surface area contributed by atoms with Crippen LogP contribution in [-0.2, 0) is 11.0 Å². The van der Waals surface area contributed by atoms with E-state index < -0.39 is 17.7 Å². The average molecular weight is 436 g/mol. The third kappa shape index (κ3) is 7.74. The van der Waals surface area contributed by atoms with Gasteiger partial charge in [0, 0.05) is 19.0 Å². The maximum Gasteiger partial charge on any atom is 0.416 e. The summed E-state index contributed by atoms with van der Waals surface area (Å²) >= 11 is 0. The Kier molecular flexibility index (Phi) is 8.76. The maximum atomic E-state index is 13.0. The van der Waals surface area contributed by atoms with E-state index in [0.717, 1.165) is 42.5 Å². The Morgan fingerprint density at radius 1 is 1.26 bits per heavy atom. The van der Waals surface area contributed by atoms with Gasteiger partial charge >= 0.3 is 12.1 Å². The highest BCUT2D eigenvalue weighted by atomic mass is 19.4. The standard InChI is InChI=1S/C25H32F3NO2/c1-17(2)5-11-22(12-6-18(3)4)29-14-13-19(16-24(30)31)15-23(29)20-7-9-21(10-8-20)25(26,27)28/h7-10,18-19,22-23H,1,6,12-16H2,2-4H3,(H,30,31)/t19-,22?,23+/m1/s1. The zero-order valence-corrected chi connectivity index (χ0v) is 18.5. The average Bonchev–Trinajstić information content (AvgIpc) is 2.67. The number of allylic oxidation sites excluding steroid dienone is 1. The highest BCUT2D eigenvalue weighted by molar-refractivity contribution is 5.67. The summed E-state index contributed by atoms with van der Waals surface area (Å²) in [5.74, 6) is 6.04. The second kappa shape index (κ2) is 10.9.